The summed E-state index contributed by atoms with van der Waals surface area (Å²) in [6, 6.07) is 14.4. The second-order valence-corrected chi connectivity index (χ2v) is 5.09. The van der Waals surface area contributed by atoms with E-state index in [-0.39, 0.29) is 5.82 Å². The van der Waals surface area contributed by atoms with Crippen LogP contribution in [0.3, 0.4) is 0 Å². The Morgan fingerprint density at radius 3 is 2.69 bits per heavy atom. The van der Waals surface area contributed by atoms with Gasteiger partial charge in [-0.2, -0.15) is 5.48 Å². The van der Waals surface area contributed by atoms with Gasteiger partial charge in [-0.15, -0.1) is 0 Å². The smallest absolute Gasteiger partial charge is 0.410 e. The third-order valence-corrected chi connectivity index (χ3v) is 3.21. The second kappa shape index (κ2) is 7.75. The molecule has 2 heterocycles. The molecule has 0 atom stereocenters. The third kappa shape index (κ3) is 4.32. The Hall–Kier alpha value is -3.95. The number of pyridine rings is 1. The fourth-order valence-electron chi connectivity index (χ4n) is 2.02. The zero-order valence-electron chi connectivity index (χ0n) is 13.7. The van der Waals surface area contributed by atoms with Crippen molar-refractivity contribution in [2.75, 3.05) is 10.8 Å². The van der Waals surface area contributed by atoms with Crippen molar-refractivity contribution >= 4 is 29.7 Å². The molecular formula is C16H15N7O3. The molecule has 0 saturated heterocycles. The highest BCUT2D eigenvalue weighted by Gasteiger charge is 2.10. The Labute approximate surface area is 148 Å². The molecule has 0 fully saturated rings. The van der Waals surface area contributed by atoms with Crippen LogP contribution in [0.25, 0.3) is 11.8 Å². The molecule has 3 N–H and O–H groups in total. The van der Waals surface area contributed by atoms with Gasteiger partial charge >= 0.3 is 6.09 Å². The molecule has 0 bridgehead atoms. The lowest BCUT2D eigenvalue weighted by Crippen LogP contribution is -2.11. The van der Waals surface area contributed by atoms with E-state index in [1.807, 2.05) is 30.3 Å². The number of aryl methyl sites for hydroxylation is 1. The van der Waals surface area contributed by atoms with E-state index >= 15 is 0 Å². The summed E-state index contributed by atoms with van der Waals surface area (Å²) in [4.78, 5) is 20.7. The fraction of sp³-hybridized carbons (Fsp3) is 0.0625. The van der Waals surface area contributed by atoms with Crippen LogP contribution in [0.1, 0.15) is 11.3 Å². The van der Waals surface area contributed by atoms with Gasteiger partial charge in [0.1, 0.15) is 11.5 Å². The summed E-state index contributed by atoms with van der Waals surface area (Å²) in [5.41, 5.74) is 3.95. The summed E-state index contributed by atoms with van der Waals surface area (Å²) >= 11 is 0. The van der Waals surface area contributed by atoms with Crippen molar-refractivity contribution in [3.8, 4) is 0 Å². The molecule has 132 valence electrons. The van der Waals surface area contributed by atoms with Crippen LogP contribution in [0.15, 0.2) is 48.5 Å². The van der Waals surface area contributed by atoms with E-state index in [1.165, 1.54) is 10.7 Å². The minimum absolute atomic E-state index is 0.179. The van der Waals surface area contributed by atoms with Crippen molar-refractivity contribution in [3.05, 3.63) is 59.8 Å². The number of nitrogens with one attached hydrogen (secondary N) is 2. The van der Waals surface area contributed by atoms with Crippen LogP contribution in [0.4, 0.5) is 16.6 Å². The van der Waals surface area contributed by atoms with Gasteiger partial charge in [-0.3, -0.25) is 5.32 Å². The summed E-state index contributed by atoms with van der Waals surface area (Å²) in [7, 11) is 1.65. The number of anilines is 2. The molecule has 0 unspecified atom stereocenters. The molecule has 0 aliphatic rings. The molecular weight excluding hydrogens is 338 g/mol. The highest BCUT2D eigenvalue weighted by molar-refractivity contribution is 5.82. The Kier molecular flexibility index (Phi) is 5.03. The summed E-state index contributed by atoms with van der Waals surface area (Å²) in [5.74, 6) is 0.829. The highest BCUT2D eigenvalue weighted by Crippen LogP contribution is 2.20. The van der Waals surface area contributed by atoms with Crippen molar-refractivity contribution in [2.45, 2.75) is 0 Å². The van der Waals surface area contributed by atoms with Crippen LogP contribution < -0.4 is 10.8 Å². The summed E-state index contributed by atoms with van der Waals surface area (Å²) < 4.78 is 1.40. The van der Waals surface area contributed by atoms with Crippen molar-refractivity contribution < 1.29 is 14.7 Å². The molecule has 2 aromatic heterocycles. The molecule has 0 spiro atoms. The fourth-order valence-corrected chi connectivity index (χ4v) is 2.02. The van der Waals surface area contributed by atoms with Gasteiger partial charge in [0.25, 0.3) is 5.95 Å². The lowest BCUT2D eigenvalue weighted by molar-refractivity contribution is 0.209. The number of hydrogen-bond acceptors (Lipinski definition) is 7. The second-order valence-electron chi connectivity index (χ2n) is 5.09. The number of amides is 1. The van der Waals surface area contributed by atoms with E-state index in [4.69, 9.17) is 9.94 Å². The molecule has 26 heavy (non-hydrogen) atoms. The first-order valence-corrected chi connectivity index (χ1v) is 7.51. The van der Waals surface area contributed by atoms with Gasteiger partial charge < -0.3 is 9.94 Å². The zero-order valence-corrected chi connectivity index (χ0v) is 13.7. The summed E-state index contributed by atoms with van der Waals surface area (Å²) in [6.07, 6.45) is 0.552. The van der Waals surface area contributed by atoms with Crippen LogP contribution in [0.2, 0.25) is 0 Å². The molecule has 10 nitrogen and oxygen atoms in total. The summed E-state index contributed by atoms with van der Waals surface area (Å²) in [6.45, 7) is 0. The minimum Gasteiger partial charge on any atom is -0.465 e. The van der Waals surface area contributed by atoms with Crippen molar-refractivity contribution in [1.82, 2.24) is 25.2 Å². The maximum absolute atomic E-state index is 10.8. The monoisotopic (exact) mass is 353 g/mol. The number of aromatic nitrogens is 5. The average molecular weight is 353 g/mol. The van der Waals surface area contributed by atoms with Crippen molar-refractivity contribution in [2.24, 2.45) is 7.05 Å². The number of nitrogens with zero attached hydrogens (tertiary/aromatic N) is 5. The molecule has 1 amide bonds. The van der Waals surface area contributed by atoms with Crippen LogP contribution in [0.5, 0.6) is 0 Å². The lowest BCUT2D eigenvalue weighted by Gasteiger charge is -2.11. The third-order valence-electron chi connectivity index (χ3n) is 3.21. The minimum atomic E-state index is -1.20. The molecule has 0 aliphatic carbocycles. The average Bonchev–Trinajstić information content (AvgIpc) is 3.04. The van der Waals surface area contributed by atoms with E-state index in [9.17, 15) is 4.79 Å². The van der Waals surface area contributed by atoms with Gasteiger partial charge in [-0.1, -0.05) is 41.5 Å². The van der Waals surface area contributed by atoms with E-state index in [0.717, 1.165) is 5.56 Å². The van der Waals surface area contributed by atoms with Crippen molar-refractivity contribution in [3.63, 3.8) is 0 Å². The van der Waals surface area contributed by atoms with Crippen LogP contribution in [0, 0.1) is 0 Å². The standard InChI is InChI=1S/C16H15N7O3/c1-23-15(19-21-22-23)20-26-13(10-11-6-3-2-4-7-11)12-8-5-9-14(17-12)18-16(24)25/h2-10H,1H3,(H,17,18)(H,24,25)(H,19,20,22)/b13-10-. The first kappa shape index (κ1) is 16.9. The van der Waals surface area contributed by atoms with Gasteiger partial charge in [-0.05, 0) is 34.2 Å². The predicted molar refractivity (Wildman–Crippen MR) is 93.7 cm³/mol. The molecule has 3 aromatic rings. The normalized spacial score (nSPS) is 11.0. The first-order valence-electron chi connectivity index (χ1n) is 7.51. The first-order chi connectivity index (χ1) is 12.6. The SMILES string of the molecule is Cn1nnnc1NO/C(=C\c1ccccc1)c1cccc(NC(=O)O)n1. The van der Waals surface area contributed by atoms with Gasteiger partial charge in [0.15, 0.2) is 5.76 Å². The van der Waals surface area contributed by atoms with E-state index in [2.05, 4.69) is 31.3 Å². The van der Waals surface area contributed by atoms with Gasteiger partial charge in [0, 0.05) is 7.05 Å². The Morgan fingerprint density at radius 1 is 1.19 bits per heavy atom. The quantitative estimate of drug-likeness (QED) is 0.455. The molecule has 0 saturated carbocycles. The van der Waals surface area contributed by atoms with Crippen molar-refractivity contribution in [1.29, 1.82) is 0 Å². The largest absolute Gasteiger partial charge is 0.465 e. The zero-order chi connectivity index (χ0) is 18.4. The number of hydrogen-bond donors (Lipinski definition) is 3. The Morgan fingerprint density at radius 2 is 2.00 bits per heavy atom. The Bertz CT molecular complexity index is 924. The van der Waals surface area contributed by atoms with E-state index in [1.54, 1.807) is 25.3 Å². The lowest BCUT2D eigenvalue weighted by atomic mass is 10.2. The Balaban J connectivity index is 1.91. The number of rotatable bonds is 6. The number of tetrazole rings is 1. The van der Waals surface area contributed by atoms with E-state index in [0.29, 0.717) is 17.4 Å². The topological polar surface area (TPSA) is 127 Å². The van der Waals surface area contributed by atoms with Gasteiger partial charge in [-0.25, -0.2) is 14.5 Å². The van der Waals surface area contributed by atoms with Crippen LogP contribution >= 0.6 is 0 Å². The van der Waals surface area contributed by atoms with Gasteiger partial charge in [0.05, 0.1) is 0 Å². The predicted octanol–water partition coefficient (Wildman–Crippen LogP) is 2.24. The molecule has 3 rings (SSSR count). The number of benzene rings is 1. The number of carboxylic acid groups (broad SMARTS) is 1. The molecule has 0 radical (unpaired) electrons. The summed E-state index contributed by atoms with van der Waals surface area (Å²) in [5, 5.41) is 22.1. The maximum atomic E-state index is 10.8. The van der Waals surface area contributed by atoms with E-state index < -0.39 is 6.09 Å². The van der Waals surface area contributed by atoms with Gasteiger partial charge in [0.2, 0.25) is 0 Å². The maximum Gasteiger partial charge on any atom is 0.410 e. The number of carbonyl (C=O) groups is 1. The molecule has 1 aromatic carbocycles. The molecule has 0 aliphatic heterocycles. The highest BCUT2D eigenvalue weighted by atomic mass is 16.7. The van der Waals surface area contributed by atoms with Crippen LogP contribution in [-0.2, 0) is 11.9 Å². The molecule has 10 heteroatoms. The van der Waals surface area contributed by atoms with Crippen LogP contribution in [-0.4, -0.2) is 36.4 Å².